The minimum absolute atomic E-state index is 0.00612. The van der Waals surface area contributed by atoms with E-state index in [9.17, 15) is 14.4 Å². The van der Waals surface area contributed by atoms with Crippen molar-refractivity contribution in [3.63, 3.8) is 0 Å². The van der Waals surface area contributed by atoms with Crippen molar-refractivity contribution in [2.75, 3.05) is 24.6 Å². The van der Waals surface area contributed by atoms with Gasteiger partial charge in [-0.05, 0) is 58.9 Å². The van der Waals surface area contributed by atoms with Gasteiger partial charge in [-0.25, -0.2) is 9.59 Å². The van der Waals surface area contributed by atoms with Crippen LogP contribution in [0.3, 0.4) is 0 Å². The molecule has 0 saturated heterocycles. The number of alkyl carbamates (subject to hydrolysis) is 1. The van der Waals surface area contributed by atoms with E-state index in [2.05, 4.69) is 29.6 Å². The molecule has 0 fully saturated rings. The van der Waals surface area contributed by atoms with E-state index in [4.69, 9.17) is 9.84 Å². The van der Waals surface area contributed by atoms with Gasteiger partial charge in [0.25, 0.3) is 0 Å². The Balaban J connectivity index is 1.09. The molecule has 0 spiro atoms. The van der Waals surface area contributed by atoms with Gasteiger partial charge in [0.2, 0.25) is 5.91 Å². The van der Waals surface area contributed by atoms with Crippen molar-refractivity contribution in [3.05, 3.63) is 89.0 Å². The van der Waals surface area contributed by atoms with E-state index in [1.54, 1.807) is 17.0 Å². The summed E-state index contributed by atoms with van der Waals surface area (Å²) in [4.78, 5) is 37.8. The second kappa shape index (κ2) is 9.62. The normalized spacial score (nSPS) is 13.7. The molecule has 2 N–H and O–H groups in total. The third-order valence-electron chi connectivity index (χ3n) is 6.70. The van der Waals surface area contributed by atoms with E-state index in [1.165, 1.54) is 17.2 Å². The van der Waals surface area contributed by atoms with Crippen LogP contribution in [0, 0.1) is 0 Å². The zero-order valence-electron chi connectivity index (χ0n) is 19.2. The van der Waals surface area contributed by atoms with Crippen LogP contribution in [-0.2, 0) is 16.0 Å². The lowest BCUT2D eigenvalue weighted by atomic mass is 9.98. The molecule has 1 aliphatic heterocycles. The number of carboxylic acids is 1. The summed E-state index contributed by atoms with van der Waals surface area (Å²) < 4.78 is 5.53. The third kappa shape index (κ3) is 4.49. The maximum absolute atomic E-state index is 12.7. The average Bonchev–Trinajstić information content (AvgIpc) is 3.44. The summed E-state index contributed by atoms with van der Waals surface area (Å²) >= 11 is 0. The molecule has 2 aliphatic rings. The first kappa shape index (κ1) is 22.7. The number of rotatable bonds is 7. The number of benzene rings is 3. The average molecular weight is 471 g/mol. The Hall–Kier alpha value is -4.13. The molecule has 7 heteroatoms. The Bertz CT molecular complexity index is 1260. The summed E-state index contributed by atoms with van der Waals surface area (Å²) in [5.41, 5.74) is 6.54. The molecule has 1 aliphatic carbocycles. The van der Waals surface area contributed by atoms with Gasteiger partial charge in [0.1, 0.15) is 6.61 Å². The maximum atomic E-state index is 12.7. The standard InChI is InChI=1S/C28H26N2O5/c31-26(30-15-13-18-16-19(27(32)33)11-12-25(18)30)10-5-14-29-28(34)35-17-24-22-8-3-1-6-20(22)21-7-2-4-9-23(21)24/h1-4,6-9,11-12,16,24H,5,10,13-15,17H2,(H,29,34)(H,32,33). The van der Waals surface area contributed by atoms with Gasteiger partial charge < -0.3 is 20.1 Å². The van der Waals surface area contributed by atoms with Crippen LogP contribution in [-0.4, -0.2) is 42.8 Å². The molecule has 35 heavy (non-hydrogen) atoms. The summed E-state index contributed by atoms with van der Waals surface area (Å²) in [5, 5.41) is 11.9. The van der Waals surface area contributed by atoms with Gasteiger partial charge in [0.15, 0.2) is 0 Å². The van der Waals surface area contributed by atoms with Crippen LogP contribution < -0.4 is 10.2 Å². The van der Waals surface area contributed by atoms with Gasteiger partial charge in [-0.2, -0.15) is 0 Å². The lowest BCUT2D eigenvalue weighted by Crippen LogP contribution is -2.31. The van der Waals surface area contributed by atoms with E-state index in [0.717, 1.165) is 22.4 Å². The van der Waals surface area contributed by atoms with Gasteiger partial charge in [-0.15, -0.1) is 0 Å². The Morgan fingerprint density at radius 3 is 2.34 bits per heavy atom. The minimum Gasteiger partial charge on any atom is -0.478 e. The molecule has 0 aromatic heterocycles. The summed E-state index contributed by atoms with van der Waals surface area (Å²) in [6.07, 6.45) is 0.915. The number of carbonyl (C=O) groups is 3. The zero-order chi connectivity index (χ0) is 24.4. The summed E-state index contributed by atoms with van der Waals surface area (Å²) in [6, 6.07) is 21.2. The number of anilines is 1. The van der Waals surface area contributed by atoms with Crippen molar-refractivity contribution < 1.29 is 24.2 Å². The highest BCUT2D eigenvalue weighted by Gasteiger charge is 2.29. The van der Waals surface area contributed by atoms with E-state index in [0.29, 0.717) is 25.9 Å². The highest BCUT2D eigenvalue weighted by molar-refractivity contribution is 5.97. The van der Waals surface area contributed by atoms with Crippen molar-refractivity contribution in [2.45, 2.75) is 25.2 Å². The van der Waals surface area contributed by atoms with Crippen LogP contribution in [0.5, 0.6) is 0 Å². The highest BCUT2D eigenvalue weighted by atomic mass is 16.5. The van der Waals surface area contributed by atoms with E-state index in [1.807, 2.05) is 24.3 Å². The predicted octanol–water partition coefficient (Wildman–Crippen LogP) is 4.59. The van der Waals surface area contributed by atoms with E-state index in [-0.39, 0.29) is 30.4 Å². The molecule has 2 amide bonds. The number of fused-ring (bicyclic) bond motifs is 4. The molecular formula is C28H26N2O5. The molecule has 0 unspecified atom stereocenters. The van der Waals surface area contributed by atoms with Gasteiger partial charge in [-0.1, -0.05) is 48.5 Å². The van der Waals surface area contributed by atoms with Crippen molar-refractivity contribution in [1.29, 1.82) is 0 Å². The summed E-state index contributed by atoms with van der Waals surface area (Å²) in [7, 11) is 0. The molecular weight excluding hydrogens is 444 g/mol. The summed E-state index contributed by atoms with van der Waals surface area (Å²) in [5.74, 6) is -1.01. The lowest BCUT2D eigenvalue weighted by Gasteiger charge is -2.17. The van der Waals surface area contributed by atoms with E-state index < -0.39 is 12.1 Å². The van der Waals surface area contributed by atoms with Crippen LogP contribution in [0.1, 0.15) is 45.8 Å². The fourth-order valence-electron chi connectivity index (χ4n) is 5.01. The molecule has 7 nitrogen and oxygen atoms in total. The molecule has 5 rings (SSSR count). The summed E-state index contributed by atoms with van der Waals surface area (Å²) in [6.45, 7) is 1.12. The first-order valence-electron chi connectivity index (χ1n) is 11.8. The predicted molar refractivity (Wildman–Crippen MR) is 132 cm³/mol. The Labute approximate surface area is 203 Å². The number of hydrogen-bond donors (Lipinski definition) is 2. The number of carboxylic acid groups (broad SMARTS) is 1. The molecule has 178 valence electrons. The second-order valence-electron chi connectivity index (χ2n) is 8.80. The lowest BCUT2D eigenvalue weighted by molar-refractivity contribution is -0.118. The van der Waals surface area contributed by atoms with Gasteiger partial charge in [0, 0.05) is 31.1 Å². The van der Waals surface area contributed by atoms with E-state index >= 15 is 0 Å². The molecule has 3 aromatic rings. The van der Waals surface area contributed by atoms with Crippen LogP contribution >= 0.6 is 0 Å². The fourth-order valence-corrected chi connectivity index (χ4v) is 5.01. The molecule has 3 aromatic carbocycles. The van der Waals surface area contributed by atoms with Crippen molar-refractivity contribution in [1.82, 2.24) is 5.32 Å². The van der Waals surface area contributed by atoms with Gasteiger partial charge >= 0.3 is 12.1 Å². The molecule has 0 radical (unpaired) electrons. The Morgan fingerprint density at radius 1 is 0.971 bits per heavy atom. The third-order valence-corrected chi connectivity index (χ3v) is 6.70. The highest BCUT2D eigenvalue weighted by Crippen LogP contribution is 2.44. The number of carbonyl (C=O) groups excluding carboxylic acids is 2. The van der Waals surface area contributed by atoms with Crippen molar-refractivity contribution >= 4 is 23.7 Å². The van der Waals surface area contributed by atoms with Gasteiger partial charge in [0.05, 0.1) is 5.56 Å². The monoisotopic (exact) mass is 470 g/mol. The van der Waals surface area contributed by atoms with Crippen molar-refractivity contribution in [3.8, 4) is 11.1 Å². The zero-order valence-corrected chi connectivity index (χ0v) is 19.2. The smallest absolute Gasteiger partial charge is 0.407 e. The molecule has 0 bridgehead atoms. The van der Waals surface area contributed by atoms with Crippen LogP contribution in [0.25, 0.3) is 11.1 Å². The van der Waals surface area contributed by atoms with Crippen LogP contribution in [0.4, 0.5) is 10.5 Å². The Morgan fingerprint density at radius 2 is 1.66 bits per heavy atom. The number of aromatic carboxylic acids is 1. The maximum Gasteiger partial charge on any atom is 0.407 e. The fraction of sp³-hybridized carbons (Fsp3) is 0.250. The number of nitrogens with one attached hydrogen (secondary N) is 1. The number of ether oxygens (including phenoxy) is 1. The largest absolute Gasteiger partial charge is 0.478 e. The SMILES string of the molecule is O=C(NCCCC(=O)N1CCc2cc(C(=O)O)ccc21)OCC1c2ccccc2-c2ccccc21. The van der Waals surface area contributed by atoms with Crippen LogP contribution in [0.15, 0.2) is 66.7 Å². The van der Waals surface area contributed by atoms with Crippen molar-refractivity contribution in [2.24, 2.45) is 0 Å². The number of nitrogens with zero attached hydrogens (tertiary/aromatic N) is 1. The van der Waals surface area contributed by atoms with Gasteiger partial charge in [-0.3, -0.25) is 4.79 Å². The Kier molecular flexibility index (Phi) is 6.23. The quantitative estimate of drug-likeness (QED) is 0.493. The minimum atomic E-state index is -0.975. The molecule has 0 saturated carbocycles. The first-order valence-corrected chi connectivity index (χ1v) is 11.8. The first-order chi connectivity index (χ1) is 17.0. The molecule has 1 heterocycles. The number of hydrogen-bond acceptors (Lipinski definition) is 4. The van der Waals surface area contributed by atoms with Crippen LogP contribution in [0.2, 0.25) is 0 Å². The molecule has 0 atom stereocenters. The topological polar surface area (TPSA) is 95.9 Å². The number of amides is 2. The second-order valence-corrected chi connectivity index (χ2v) is 8.80.